The lowest BCUT2D eigenvalue weighted by molar-refractivity contribution is -0.0486. The number of aliphatic hydroxyl groups is 4. The van der Waals surface area contributed by atoms with E-state index in [0.717, 1.165) is 18.5 Å². The number of ether oxygens (including phenoxy) is 2. The number of thioether (sulfide) groups is 1. The fourth-order valence-corrected chi connectivity index (χ4v) is 15.4. The number of hydrogen-bond donors (Lipinski definition) is 10. The van der Waals surface area contributed by atoms with Crippen molar-refractivity contribution in [3.63, 3.8) is 0 Å². The van der Waals surface area contributed by atoms with Crippen LogP contribution in [0.1, 0.15) is 25.8 Å². The maximum Gasteiger partial charge on any atom is 0.365 e. The first-order valence-electron chi connectivity index (χ1n) is 16.8. The van der Waals surface area contributed by atoms with Crippen LogP contribution in [0.25, 0.3) is 22.3 Å². The van der Waals surface area contributed by atoms with Crippen LogP contribution in [0.5, 0.6) is 0 Å². The number of anilines is 2. The number of hydrogen-bond acceptors (Lipinski definition) is 23. The molecule has 0 radical (unpaired) electrons. The molecule has 26 nitrogen and oxygen atoms in total. The Morgan fingerprint density at radius 1 is 0.847 bits per heavy atom. The molecule has 13 atom stereocenters. The third-order valence-electron chi connectivity index (χ3n) is 8.47. The van der Waals surface area contributed by atoms with Crippen LogP contribution in [0.15, 0.2) is 24.1 Å². The van der Waals surface area contributed by atoms with Crippen molar-refractivity contribution in [3.8, 4) is 0 Å². The van der Waals surface area contributed by atoms with Gasteiger partial charge in [-0.25, -0.2) is 38.5 Å². The van der Waals surface area contributed by atoms with Crippen LogP contribution in [-0.4, -0.2) is 147 Å². The highest BCUT2D eigenvalue weighted by Crippen LogP contribution is 2.76. The summed E-state index contributed by atoms with van der Waals surface area (Å²) in [6, 6.07) is 0. The first-order chi connectivity index (χ1) is 27.6. The second-order valence-electron chi connectivity index (χ2n) is 12.6. The Balaban J connectivity index is 1.05. The standard InChI is InChI=1S/C25H37ClN10O16P4S3/c1-3-4-59-25-33-19(28-2)13-21(34-25)36(9-32-13)23-17(40)15(38)11(50-23)6-48-56(46,58)52-54(43,44)24(26)53(41,42)51-55(45,57)47-5-10-14(37)16(39)22(49-10)35-8-31-12-18(27)29-7-30-20(12)35/h7-11,14-17,22-24,37-40H,3-6H2,1-2H3,(H,41,42)(H,43,44)(H,45,57)(H,46,58)(H2,27,29,30)(H,28,33,34)/t10-,11-,14-,15-,16-,17-,22-,23-,24?,55?,56?/m1/s1. The lowest BCUT2D eigenvalue weighted by atomic mass is 10.1. The molecule has 0 aliphatic carbocycles. The fourth-order valence-electron chi connectivity index (χ4n) is 5.70. The Morgan fingerprint density at radius 2 is 1.36 bits per heavy atom. The Kier molecular flexibility index (Phi) is 14.6. The molecule has 328 valence electrons. The highest BCUT2D eigenvalue weighted by molar-refractivity contribution is 8.09. The number of nitrogens with one attached hydrogen (secondary N) is 1. The third kappa shape index (κ3) is 10.2. The molecular formula is C25H37ClN10O16P4S3. The van der Waals surface area contributed by atoms with Gasteiger partial charge in [-0.15, -0.1) is 0 Å². The van der Waals surface area contributed by atoms with Gasteiger partial charge in [-0.05, 0) is 30.0 Å². The van der Waals surface area contributed by atoms with Gasteiger partial charge in [0.05, 0.1) is 25.9 Å². The molecule has 0 bridgehead atoms. The van der Waals surface area contributed by atoms with Crippen LogP contribution in [-0.2, 0) is 59.9 Å². The minimum atomic E-state index is -5.73. The van der Waals surface area contributed by atoms with Crippen LogP contribution >= 0.6 is 52.0 Å². The number of fused-ring (bicyclic) bond motifs is 2. The van der Waals surface area contributed by atoms with Crippen molar-refractivity contribution in [2.75, 3.05) is 37.1 Å². The molecular weight excluding hydrogens is 952 g/mol. The number of nitrogen functional groups attached to an aromatic ring is 1. The van der Waals surface area contributed by atoms with E-state index in [4.69, 9.17) is 59.5 Å². The molecule has 0 amide bonds. The molecule has 4 aromatic heterocycles. The van der Waals surface area contributed by atoms with E-state index >= 15 is 0 Å². The molecule has 2 aliphatic heterocycles. The van der Waals surface area contributed by atoms with Crippen LogP contribution in [0, 0.1) is 0 Å². The zero-order valence-corrected chi connectivity index (χ0v) is 36.9. The first kappa shape index (κ1) is 47.0. The average Bonchev–Trinajstić information content (AvgIpc) is 3.92. The van der Waals surface area contributed by atoms with Crippen LogP contribution in [0.2, 0.25) is 0 Å². The van der Waals surface area contributed by atoms with Crippen LogP contribution < -0.4 is 11.1 Å². The second-order valence-corrected chi connectivity index (χ2v) is 24.9. The van der Waals surface area contributed by atoms with Crippen molar-refractivity contribution < 1.29 is 76.3 Å². The van der Waals surface area contributed by atoms with Gasteiger partial charge in [-0.2, -0.15) is 0 Å². The van der Waals surface area contributed by atoms with Crippen LogP contribution in [0.4, 0.5) is 11.6 Å². The number of rotatable bonds is 18. The Bertz CT molecular complexity index is 2370. The van der Waals surface area contributed by atoms with E-state index in [1.54, 1.807) is 7.05 Å². The topological polar surface area (TPSA) is 377 Å². The predicted molar refractivity (Wildman–Crippen MR) is 214 cm³/mol. The van der Waals surface area contributed by atoms with Gasteiger partial charge in [0.1, 0.15) is 48.5 Å². The average molecular weight is 989 g/mol. The molecule has 6 rings (SSSR count). The van der Waals surface area contributed by atoms with E-state index < -0.39 is 95.8 Å². The molecule has 0 aromatic carbocycles. The van der Waals surface area contributed by atoms with E-state index in [0.29, 0.717) is 16.5 Å². The smallest absolute Gasteiger partial charge is 0.365 e. The Labute approximate surface area is 352 Å². The van der Waals surface area contributed by atoms with Crippen molar-refractivity contribution in [2.24, 2.45) is 0 Å². The number of nitrogens with two attached hydrogens (primary N) is 1. The van der Waals surface area contributed by atoms with Gasteiger partial charge in [0.2, 0.25) is 4.86 Å². The number of nitrogens with zero attached hydrogens (tertiary/aromatic N) is 8. The maximum absolute atomic E-state index is 13.1. The summed E-state index contributed by atoms with van der Waals surface area (Å²) in [6.07, 6.45) is -7.62. The summed E-state index contributed by atoms with van der Waals surface area (Å²) < 4.78 is 59.5. The molecule has 2 aliphatic rings. The number of halogens is 1. The fraction of sp³-hybridized carbons (Fsp3) is 0.600. The zero-order chi connectivity index (χ0) is 43.2. The second kappa shape index (κ2) is 18.3. The molecule has 11 N–H and O–H groups in total. The number of aromatic nitrogens is 8. The molecule has 6 heterocycles. The van der Waals surface area contributed by atoms with Crippen molar-refractivity contribution in [2.45, 2.75) is 72.4 Å². The van der Waals surface area contributed by atoms with Crippen molar-refractivity contribution in [3.05, 3.63) is 19.0 Å². The van der Waals surface area contributed by atoms with Gasteiger partial charge in [0.15, 0.2) is 46.1 Å². The van der Waals surface area contributed by atoms with Gasteiger partial charge in [-0.3, -0.25) is 18.3 Å². The van der Waals surface area contributed by atoms with Gasteiger partial charge < -0.3 is 69.6 Å². The predicted octanol–water partition coefficient (Wildman–Crippen LogP) is 0.424. The van der Waals surface area contributed by atoms with E-state index in [2.05, 4.69) is 43.8 Å². The van der Waals surface area contributed by atoms with Gasteiger partial charge >= 0.3 is 28.6 Å². The normalized spacial score (nSPS) is 29.5. The highest BCUT2D eigenvalue weighted by Gasteiger charge is 2.53. The lowest BCUT2D eigenvalue weighted by Gasteiger charge is -2.27. The Hall–Kier alpha value is -1.46. The minimum Gasteiger partial charge on any atom is -0.387 e. The highest BCUT2D eigenvalue weighted by atomic mass is 35.5. The summed E-state index contributed by atoms with van der Waals surface area (Å²) in [4.78, 5) is 64.4. The maximum atomic E-state index is 13.1. The monoisotopic (exact) mass is 988 g/mol. The molecule has 2 fully saturated rings. The minimum absolute atomic E-state index is 0.0273. The summed E-state index contributed by atoms with van der Waals surface area (Å²) in [7, 11) is -9.82. The molecule has 4 aromatic rings. The zero-order valence-electron chi connectivity index (χ0n) is 30.1. The third-order valence-corrected chi connectivity index (χ3v) is 20.1. The SMILES string of the molecule is CCCSc1nc(NC)c2ncn([C@@H]3O[C@H](COP(O)(=S)OP(=O)(O)C(Cl)P(=O)(O)OP(O)(=S)OC[C@H]4O[C@@H](n5cnc6c(N)ncnc65)[C@H](O)[C@@H]4O)[C@@H](O)[C@H]3O)c2n1. The molecule has 0 spiro atoms. The van der Waals surface area contributed by atoms with Gasteiger partial charge in [-0.1, -0.05) is 30.3 Å². The summed E-state index contributed by atoms with van der Waals surface area (Å²) in [5, 5.41) is 46.2. The molecule has 34 heteroatoms. The summed E-state index contributed by atoms with van der Waals surface area (Å²) in [5.74, 6) is 1.14. The van der Waals surface area contributed by atoms with E-state index in [1.165, 1.54) is 33.6 Å². The number of alkyl halides is 1. The van der Waals surface area contributed by atoms with Crippen molar-refractivity contribution >= 4 is 110 Å². The summed E-state index contributed by atoms with van der Waals surface area (Å²) in [6.45, 7) is -9.51. The van der Waals surface area contributed by atoms with Gasteiger partial charge in [0, 0.05) is 12.8 Å². The van der Waals surface area contributed by atoms with Crippen molar-refractivity contribution in [1.29, 1.82) is 0 Å². The largest absolute Gasteiger partial charge is 0.387 e. The Morgan fingerprint density at radius 3 is 1.86 bits per heavy atom. The summed E-state index contributed by atoms with van der Waals surface area (Å²) in [5.41, 5.74) is 6.68. The molecule has 2 saturated heterocycles. The molecule has 5 unspecified atom stereocenters. The van der Waals surface area contributed by atoms with Crippen molar-refractivity contribution in [1.82, 2.24) is 39.0 Å². The first-order valence-corrected chi connectivity index (χ1v) is 26.7. The molecule has 0 saturated carbocycles. The van der Waals surface area contributed by atoms with Crippen LogP contribution in [0.3, 0.4) is 0 Å². The van der Waals surface area contributed by atoms with Gasteiger partial charge in [0.25, 0.3) is 0 Å². The van der Waals surface area contributed by atoms with E-state index in [-0.39, 0.29) is 22.6 Å². The number of imidazole rings is 2. The quantitative estimate of drug-likeness (QED) is 0.0279. The molecule has 59 heavy (non-hydrogen) atoms. The van der Waals surface area contributed by atoms with E-state index in [1.807, 2.05) is 6.92 Å². The van der Waals surface area contributed by atoms with E-state index in [9.17, 15) is 49.1 Å². The number of aliphatic hydroxyl groups excluding tert-OH is 4. The summed E-state index contributed by atoms with van der Waals surface area (Å²) >= 11 is 16.8. The lowest BCUT2D eigenvalue weighted by Crippen LogP contribution is -2.33.